The van der Waals surface area contributed by atoms with E-state index in [-0.39, 0.29) is 36.6 Å². The van der Waals surface area contributed by atoms with Crippen LogP contribution in [0.5, 0.6) is 0 Å². The summed E-state index contributed by atoms with van der Waals surface area (Å²) in [7, 11) is 0. The van der Waals surface area contributed by atoms with E-state index in [2.05, 4.69) is 15.4 Å². The molecule has 0 bridgehead atoms. The maximum absolute atomic E-state index is 14.1. The molecule has 3 aromatic rings. The molecule has 0 saturated carbocycles. The standard InChI is InChI=1S/C22H21F3N4O4/c23-22(24,25)18-17-16(33-20(18)21(30)27-9-15-12-31-7-8-32-15)5-4-13-10-29(28-19(13)17)11-14-3-1-2-6-26-14/h1-3,6,10,15H,4-5,7-9,11-12H2,(H,27,30)/t15-/m1/s1. The number of carbonyl (C=O) groups is 1. The second kappa shape index (κ2) is 8.64. The molecule has 1 aliphatic heterocycles. The van der Waals surface area contributed by atoms with Crippen molar-refractivity contribution in [3.05, 3.63) is 58.9 Å². The lowest BCUT2D eigenvalue weighted by Gasteiger charge is -2.22. The van der Waals surface area contributed by atoms with E-state index in [0.717, 1.165) is 5.69 Å². The minimum Gasteiger partial charge on any atom is -0.455 e. The molecule has 11 heteroatoms. The number of nitrogens with one attached hydrogen (secondary N) is 1. The molecule has 0 spiro atoms. The molecule has 1 atom stereocenters. The summed E-state index contributed by atoms with van der Waals surface area (Å²) in [4.78, 5) is 16.9. The fraction of sp³-hybridized carbons (Fsp3) is 0.409. The van der Waals surface area contributed by atoms with Gasteiger partial charge in [-0.05, 0) is 24.1 Å². The number of hydrogen-bond acceptors (Lipinski definition) is 6. The fourth-order valence-electron chi connectivity index (χ4n) is 4.12. The molecule has 2 aliphatic rings. The summed E-state index contributed by atoms with van der Waals surface area (Å²) in [6, 6.07) is 5.43. The van der Waals surface area contributed by atoms with E-state index < -0.39 is 29.5 Å². The minimum atomic E-state index is -4.80. The molecular weight excluding hydrogens is 441 g/mol. The number of ether oxygens (including phenoxy) is 2. The van der Waals surface area contributed by atoms with E-state index in [1.54, 1.807) is 23.1 Å². The van der Waals surface area contributed by atoms with Gasteiger partial charge in [0.25, 0.3) is 5.91 Å². The number of alkyl halides is 3. The number of amides is 1. The minimum absolute atomic E-state index is 0.0193. The first-order valence-corrected chi connectivity index (χ1v) is 10.6. The van der Waals surface area contributed by atoms with E-state index in [0.29, 0.717) is 31.7 Å². The molecular formula is C22H21F3N4O4. The highest BCUT2D eigenvalue weighted by Gasteiger charge is 2.45. The molecule has 33 heavy (non-hydrogen) atoms. The SMILES string of the molecule is O=C(NC[C@@H]1COCCO1)c1oc2c(c1C(F)(F)F)-c1nn(Cc3ccccn3)cc1CC2. The number of halogens is 3. The Bertz CT molecular complexity index is 1150. The van der Waals surface area contributed by atoms with Gasteiger partial charge >= 0.3 is 6.18 Å². The Kier molecular flexibility index (Phi) is 5.67. The summed E-state index contributed by atoms with van der Waals surface area (Å²) in [5.74, 6) is -1.59. The molecule has 5 rings (SSSR count). The van der Waals surface area contributed by atoms with E-state index >= 15 is 0 Å². The van der Waals surface area contributed by atoms with Gasteiger partial charge in [0.1, 0.15) is 11.3 Å². The summed E-state index contributed by atoms with van der Waals surface area (Å²) in [5.41, 5.74) is 0.330. The van der Waals surface area contributed by atoms with Crippen LogP contribution in [0.3, 0.4) is 0 Å². The zero-order valence-electron chi connectivity index (χ0n) is 17.5. The number of carbonyl (C=O) groups excluding carboxylic acids is 1. The fourth-order valence-corrected chi connectivity index (χ4v) is 4.12. The Morgan fingerprint density at radius 1 is 1.24 bits per heavy atom. The molecule has 1 fully saturated rings. The van der Waals surface area contributed by atoms with Gasteiger partial charge in [0, 0.05) is 25.4 Å². The van der Waals surface area contributed by atoms with Gasteiger partial charge in [-0.25, -0.2) is 0 Å². The highest BCUT2D eigenvalue weighted by atomic mass is 19.4. The van der Waals surface area contributed by atoms with E-state index in [1.807, 2.05) is 12.1 Å². The number of furan rings is 1. The topological polar surface area (TPSA) is 91.4 Å². The lowest BCUT2D eigenvalue weighted by Crippen LogP contribution is -2.40. The van der Waals surface area contributed by atoms with Gasteiger partial charge in [-0.3, -0.25) is 14.5 Å². The third-order valence-electron chi connectivity index (χ3n) is 5.59. The first-order valence-electron chi connectivity index (χ1n) is 10.6. The molecule has 1 amide bonds. The summed E-state index contributed by atoms with van der Waals surface area (Å²) >= 11 is 0. The number of rotatable bonds is 5. The second-order valence-electron chi connectivity index (χ2n) is 7.90. The first kappa shape index (κ1) is 21.7. The highest BCUT2D eigenvalue weighted by Crippen LogP contribution is 2.46. The van der Waals surface area contributed by atoms with Crippen molar-refractivity contribution >= 4 is 5.91 Å². The normalized spacial score (nSPS) is 18.0. The Labute approximate surface area is 186 Å². The van der Waals surface area contributed by atoms with Crippen molar-refractivity contribution in [2.45, 2.75) is 31.7 Å². The molecule has 0 aromatic carbocycles. The van der Waals surface area contributed by atoms with Crippen molar-refractivity contribution in [3.8, 4) is 11.3 Å². The number of fused-ring (bicyclic) bond motifs is 3. The van der Waals surface area contributed by atoms with Crippen molar-refractivity contribution in [2.75, 3.05) is 26.4 Å². The molecule has 4 heterocycles. The van der Waals surface area contributed by atoms with Crippen LogP contribution in [0.2, 0.25) is 0 Å². The molecule has 3 aromatic heterocycles. The van der Waals surface area contributed by atoms with Crippen LogP contribution in [0.15, 0.2) is 35.0 Å². The van der Waals surface area contributed by atoms with Crippen LogP contribution < -0.4 is 5.32 Å². The Morgan fingerprint density at radius 2 is 2.12 bits per heavy atom. The number of pyridine rings is 1. The first-order chi connectivity index (χ1) is 15.9. The van der Waals surface area contributed by atoms with Crippen molar-refractivity contribution in [2.24, 2.45) is 0 Å². The maximum atomic E-state index is 14.1. The van der Waals surface area contributed by atoms with Gasteiger partial charge in [0.2, 0.25) is 5.76 Å². The zero-order chi connectivity index (χ0) is 23.0. The number of aromatic nitrogens is 3. The molecule has 0 unspecified atom stereocenters. The number of hydrogen-bond donors (Lipinski definition) is 1. The van der Waals surface area contributed by atoms with Crippen molar-refractivity contribution in [1.82, 2.24) is 20.1 Å². The van der Waals surface area contributed by atoms with Crippen molar-refractivity contribution in [3.63, 3.8) is 0 Å². The number of nitrogens with zero attached hydrogens (tertiary/aromatic N) is 3. The average Bonchev–Trinajstić information content (AvgIpc) is 3.39. The van der Waals surface area contributed by atoms with Crippen LogP contribution in [-0.4, -0.2) is 53.1 Å². The van der Waals surface area contributed by atoms with Gasteiger partial charge in [0.15, 0.2) is 0 Å². The predicted molar refractivity (Wildman–Crippen MR) is 109 cm³/mol. The average molecular weight is 462 g/mol. The van der Waals surface area contributed by atoms with Gasteiger partial charge in [-0.1, -0.05) is 6.07 Å². The highest BCUT2D eigenvalue weighted by molar-refractivity contribution is 5.96. The van der Waals surface area contributed by atoms with Crippen molar-refractivity contribution in [1.29, 1.82) is 0 Å². The van der Waals surface area contributed by atoms with Crippen LogP contribution in [0.4, 0.5) is 13.2 Å². The lowest BCUT2D eigenvalue weighted by atomic mass is 9.93. The third-order valence-corrected chi connectivity index (χ3v) is 5.59. The van der Waals surface area contributed by atoms with E-state index in [9.17, 15) is 18.0 Å². The van der Waals surface area contributed by atoms with Crippen LogP contribution >= 0.6 is 0 Å². The molecule has 8 nitrogen and oxygen atoms in total. The Balaban J connectivity index is 1.46. The third kappa shape index (κ3) is 4.38. The second-order valence-corrected chi connectivity index (χ2v) is 7.90. The van der Waals surface area contributed by atoms with E-state index in [4.69, 9.17) is 13.9 Å². The molecule has 174 valence electrons. The number of aryl methyl sites for hydroxylation is 2. The van der Waals surface area contributed by atoms with Crippen LogP contribution in [0.1, 0.15) is 33.1 Å². The molecule has 1 aliphatic carbocycles. The van der Waals surface area contributed by atoms with Crippen molar-refractivity contribution < 1.29 is 31.9 Å². The quantitative estimate of drug-likeness (QED) is 0.627. The summed E-state index contributed by atoms with van der Waals surface area (Å²) in [6.45, 7) is 1.42. The Morgan fingerprint density at radius 3 is 2.85 bits per heavy atom. The van der Waals surface area contributed by atoms with Crippen LogP contribution in [0.25, 0.3) is 11.3 Å². The largest absolute Gasteiger partial charge is 0.455 e. The predicted octanol–water partition coefficient (Wildman–Crippen LogP) is 2.85. The van der Waals surface area contributed by atoms with Gasteiger partial charge in [-0.15, -0.1) is 0 Å². The smallest absolute Gasteiger partial charge is 0.420 e. The van der Waals surface area contributed by atoms with E-state index in [1.165, 1.54) is 0 Å². The summed E-state index contributed by atoms with van der Waals surface area (Å²) in [6.07, 6.45) is -1.15. The van der Waals surface area contributed by atoms with Gasteiger partial charge < -0.3 is 19.2 Å². The van der Waals surface area contributed by atoms with Gasteiger partial charge in [-0.2, -0.15) is 18.3 Å². The molecule has 0 radical (unpaired) electrons. The molecule has 1 N–H and O–H groups in total. The zero-order valence-corrected chi connectivity index (χ0v) is 17.5. The Hall–Kier alpha value is -3.18. The monoisotopic (exact) mass is 462 g/mol. The van der Waals surface area contributed by atoms with Gasteiger partial charge in [0.05, 0.1) is 49.4 Å². The summed E-state index contributed by atoms with van der Waals surface area (Å²) in [5, 5.41) is 6.88. The summed E-state index contributed by atoms with van der Waals surface area (Å²) < 4.78 is 60.2. The maximum Gasteiger partial charge on any atom is 0.420 e. The van der Waals surface area contributed by atoms with Crippen LogP contribution in [-0.2, 0) is 35.0 Å². The molecule has 1 saturated heterocycles. The lowest BCUT2D eigenvalue weighted by molar-refractivity contribution is -0.137. The van der Waals surface area contributed by atoms with Crippen LogP contribution in [0, 0.1) is 0 Å².